The van der Waals surface area contributed by atoms with E-state index in [4.69, 9.17) is 0 Å². The summed E-state index contributed by atoms with van der Waals surface area (Å²) in [5.74, 6) is -0.0489. The maximum Gasteiger partial charge on any atom is 0.337 e. The van der Waals surface area contributed by atoms with Crippen LogP contribution >= 0.6 is 0 Å². The van der Waals surface area contributed by atoms with Gasteiger partial charge in [-0.3, -0.25) is 0 Å². The predicted octanol–water partition coefficient (Wildman–Crippen LogP) is 2.99. The molecule has 0 aliphatic heterocycles. The molecule has 0 aliphatic rings. The van der Waals surface area contributed by atoms with Gasteiger partial charge in [-0.2, -0.15) is 0 Å². The van der Waals surface area contributed by atoms with Crippen LogP contribution in [0.2, 0.25) is 0 Å². The second kappa shape index (κ2) is 4.94. The number of H-pyrrole nitrogens is 1. The number of benzene rings is 1. The molecule has 5 heteroatoms. The van der Waals surface area contributed by atoms with E-state index in [9.17, 15) is 9.90 Å². The lowest BCUT2D eigenvalue weighted by Crippen LogP contribution is -2.09. The summed E-state index contributed by atoms with van der Waals surface area (Å²) in [5, 5.41) is 9.90. The number of carbonyl (C=O) groups is 1. The normalized spacial score (nSPS) is 10.8. The van der Waals surface area contributed by atoms with Crippen molar-refractivity contribution in [2.75, 3.05) is 19.0 Å². The van der Waals surface area contributed by atoms with E-state index in [1.165, 1.54) is 6.20 Å². The van der Waals surface area contributed by atoms with Crippen molar-refractivity contribution >= 4 is 22.7 Å². The van der Waals surface area contributed by atoms with Crippen molar-refractivity contribution in [3.05, 3.63) is 48.3 Å². The van der Waals surface area contributed by atoms with Crippen LogP contribution in [0.15, 0.2) is 42.7 Å². The first-order valence-electron chi connectivity index (χ1n) is 6.54. The van der Waals surface area contributed by atoms with Gasteiger partial charge >= 0.3 is 5.97 Å². The Morgan fingerprint density at radius 1 is 1.19 bits per heavy atom. The van der Waals surface area contributed by atoms with E-state index in [0.29, 0.717) is 5.39 Å². The number of carboxylic acids is 1. The zero-order chi connectivity index (χ0) is 15.0. The van der Waals surface area contributed by atoms with Crippen LogP contribution in [0.3, 0.4) is 0 Å². The van der Waals surface area contributed by atoms with Crippen LogP contribution in [0.1, 0.15) is 10.4 Å². The standard InChI is InChI=1S/C16H15N3O2/c1-19(2)15-6-4-11(8-18-15)10-3-5-14-12(7-10)13(9-17-14)16(20)21/h3-9,17H,1-2H3,(H,20,21). The van der Waals surface area contributed by atoms with Crippen molar-refractivity contribution in [2.24, 2.45) is 0 Å². The molecule has 2 aromatic heterocycles. The molecule has 0 bridgehead atoms. The van der Waals surface area contributed by atoms with Gasteiger partial charge in [-0.1, -0.05) is 6.07 Å². The monoisotopic (exact) mass is 281 g/mol. The Labute approximate surface area is 121 Å². The molecule has 0 radical (unpaired) electrons. The molecule has 21 heavy (non-hydrogen) atoms. The third-order valence-corrected chi connectivity index (χ3v) is 3.45. The SMILES string of the molecule is CN(C)c1ccc(-c2ccc3[nH]cc(C(=O)O)c3c2)cn1. The van der Waals surface area contributed by atoms with Crippen molar-refractivity contribution in [3.63, 3.8) is 0 Å². The lowest BCUT2D eigenvalue weighted by molar-refractivity contribution is 0.0699. The summed E-state index contributed by atoms with van der Waals surface area (Å²) in [4.78, 5) is 20.5. The minimum absolute atomic E-state index is 0.282. The Kier molecular flexibility index (Phi) is 3.10. The Morgan fingerprint density at radius 2 is 1.95 bits per heavy atom. The number of aromatic carboxylic acids is 1. The molecule has 5 nitrogen and oxygen atoms in total. The molecule has 0 saturated heterocycles. The number of hydrogen-bond donors (Lipinski definition) is 2. The number of fused-ring (bicyclic) bond motifs is 1. The number of hydrogen-bond acceptors (Lipinski definition) is 3. The number of pyridine rings is 1. The van der Waals surface area contributed by atoms with Crippen LogP contribution in [0, 0.1) is 0 Å². The molecule has 3 aromatic rings. The highest BCUT2D eigenvalue weighted by Gasteiger charge is 2.11. The maximum absolute atomic E-state index is 11.2. The number of anilines is 1. The zero-order valence-corrected chi connectivity index (χ0v) is 11.8. The molecular weight excluding hydrogens is 266 g/mol. The van der Waals surface area contributed by atoms with Gasteiger partial charge in [0, 0.05) is 43.0 Å². The molecule has 0 amide bonds. The minimum atomic E-state index is -0.931. The minimum Gasteiger partial charge on any atom is -0.478 e. The van der Waals surface area contributed by atoms with Gasteiger partial charge in [0.2, 0.25) is 0 Å². The van der Waals surface area contributed by atoms with Gasteiger partial charge in [0.1, 0.15) is 5.82 Å². The molecule has 106 valence electrons. The summed E-state index contributed by atoms with van der Waals surface area (Å²) in [6.07, 6.45) is 3.31. The quantitative estimate of drug-likeness (QED) is 0.774. The molecule has 0 atom stereocenters. The van der Waals surface area contributed by atoms with Crippen LogP contribution in [-0.2, 0) is 0 Å². The summed E-state index contributed by atoms with van der Waals surface area (Å²) in [7, 11) is 3.88. The highest BCUT2D eigenvalue weighted by molar-refractivity contribution is 6.04. The summed E-state index contributed by atoms with van der Waals surface area (Å²) in [5.41, 5.74) is 3.00. The van der Waals surface area contributed by atoms with Crippen molar-refractivity contribution in [3.8, 4) is 11.1 Å². The second-order valence-corrected chi connectivity index (χ2v) is 5.07. The fourth-order valence-electron chi connectivity index (χ4n) is 2.30. The lowest BCUT2D eigenvalue weighted by Gasteiger charge is -2.11. The molecule has 3 rings (SSSR count). The van der Waals surface area contributed by atoms with Crippen LogP contribution < -0.4 is 4.90 Å². The largest absolute Gasteiger partial charge is 0.478 e. The average molecular weight is 281 g/mol. The smallest absolute Gasteiger partial charge is 0.337 e. The molecule has 2 heterocycles. The van der Waals surface area contributed by atoms with Gasteiger partial charge in [0.25, 0.3) is 0 Å². The van der Waals surface area contributed by atoms with E-state index in [-0.39, 0.29) is 5.56 Å². The Bertz CT molecular complexity index is 804. The van der Waals surface area contributed by atoms with Gasteiger partial charge in [-0.15, -0.1) is 0 Å². The number of rotatable bonds is 3. The van der Waals surface area contributed by atoms with Crippen molar-refractivity contribution in [1.82, 2.24) is 9.97 Å². The second-order valence-electron chi connectivity index (χ2n) is 5.07. The van der Waals surface area contributed by atoms with E-state index < -0.39 is 5.97 Å². The summed E-state index contributed by atoms with van der Waals surface area (Å²) >= 11 is 0. The van der Waals surface area contributed by atoms with Crippen LogP contribution in [-0.4, -0.2) is 35.1 Å². The molecule has 2 N–H and O–H groups in total. The lowest BCUT2D eigenvalue weighted by atomic mass is 10.0. The molecule has 1 aromatic carbocycles. The molecular formula is C16H15N3O2. The van der Waals surface area contributed by atoms with E-state index in [0.717, 1.165) is 22.5 Å². The highest BCUT2D eigenvalue weighted by atomic mass is 16.4. The van der Waals surface area contributed by atoms with E-state index >= 15 is 0 Å². The first-order chi connectivity index (χ1) is 10.1. The topological polar surface area (TPSA) is 69.2 Å². The molecule has 0 spiro atoms. The predicted molar refractivity (Wildman–Crippen MR) is 82.8 cm³/mol. The Morgan fingerprint density at radius 3 is 2.57 bits per heavy atom. The molecule has 0 aliphatic carbocycles. The highest BCUT2D eigenvalue weighted by Crippen LogP contribution is 2.26. The fraction of sp³-hybridized carbons (Fsp3) is 0.125. The first kappa shape index (κ1) is 13.2. The van der Waals surface area contributed by atoms with Gasteiger partial charge in [0.05, 0.1) is 5.56 Å². The Balaban J connectivity index is 2.07. The van der Waals surface area contributed by atoms with Crippen molar-refractivity contribution in [2.45, 2.75) is 0 Å². The van der Waals surface area contributed by atoms with Gasteiger partial charge in [-0.25, -0.2) is 9.78 Å². The van der Waals surface area contributed by atoms with Crippen LogP contribution in [0.25, 0.3) is 22.0 Å². The Hall–Kier alpha value is -2.82. The maximum atomic E-state index is 11.2. The average Bonchev–Trinajstić information content (AvgIpc) is 2.90. The summed E-state index contributed by atoms with van der Waals surface area (Å²) in [6, 6.07) is 9.64. The van der Waals surface area contributed by atoms with Gasteiger partial charge < -0.3 is 15.0 Å². The zero-order valence-electron chi connectivity index (χ0n) is 11.8. The van der Waals surface area contributed by atoms with E-state index in [1.54, 1.807) is 6.20 Å². The number of nitrogens with zero attached hydrogens (tertiary/aromatic N) is 2. The summed E-state index contributed by atoms with van der Waals surface area (Å²) in [6.45, 7) is 0. The van der Waals surface area contributed by atoms with E-state index in [1.807, 2.05) is 49.3 Å². The third-order valence-electron chi connectivity index (χ3n) is 3.45. The van der Waals surface area contributed by atoms with Gasteiger partial charge in [0.15, 0.2) is 0 Å². The first-order valence-corrected chi connectivity index (χ1v) is 6.54. The molecule has 0 unspecified atom stereocenters. The van der Waals surface area contributed by atoms with Crippen LogP contribution in [0.5, 0.6) is 0 Å². The number of nitrogens with one attached hydrogen (secondary N) is 1. The van der Waals surface area contributed by atoms with Crippen LogP contribution in [0.4, 0.5) is 5.82 Å². The van der Waals surface area contributed by atoms with Crippen molar-refractivity contribution in [1.29, 1.82) is 0 Å². The van der Waals surface area contributed by atoms with Gasteiger partial charge in [-0.05, 0) is 29.8 Å². The molecule has 0 saturated carbocycles. The number of aromatic nitrogens is 2. The number of aromatic amines is 1. The fourth-order valence-corrected chi connectivity index (χ4v) is 2.30. The number of carboxylic acid groups (broad SMARTS) is 1. The van der Waals surface area contributed by atoms with E-state index in [2.05, 4.69) is 9.97 Å². The summed E-state index contributed by atoms with van der Waals surface area (Å²) < 4.78 is 0. The van der Waals surface area contributed by atoms with Crippen molar-refractivity contribution < 1.29 is 9.90 Å². The molecule has 0 fully saturated rings. The third kappa shape index (κ3) is 2.33.